The number of nitrogens with zero attached hydrogens (tertiary/aromatic N) is 2. The molecule has 0 saturated heterocycles. The average Bonchev–Trinajstić information content (AvgIpc) is 3.45. The van der Waals surface area contributed by atoms with Gasteiger partial charge in [0, 0.05) is 23.1 Å². The quantitative estimate of drug-likeness (QED) is 0.628. The number of alkyl halides is 3. The largest absolute Gasteiger partial charge is 0.454 e. The minimum atomic E-state index is -4.50. The Morgan fingerprint density at radius 2 is 2.10 bits per heavy atom. The Kier molecular flexibility index (Phi) is 4.35. The minimum absolute atomic E-state index is 0.0307. The number of fused-ring (bicyclic) bond motifs is 2. The van der Waals surface area contributed by atoms with Crippen molar-refractivity contribution in [1.29, 1.82) is 0 Å². The molecule has 2 aliphatic rings. The molecule has 0 bridgehead atoms. The van der Waals surface area contributed by atoms with E-state index in [9.17, 15) is 18.0 Å². The first-order valence-electron chi connectivity index (χ1n) is 9.05. The number of nitrogens with one attached hydrogen (secondary N) is 2. The second-order valence-electron chi connectivity index (χ2n) is 6.88. The van der Waals surface area contributed by atoms with E-state index in [1.807, 2.05) is 0 Å². The van der Waals surface area contributed by atoms with Crippen LogP contribution in [0, 0.1) is 0 Å². The number of ether oxygens (including phenoxy) is 2. The molecule has 1 aromatic carbocycles. The number of aromatic nitrogens is 2. The smallest absolute Gasteiger partial charge is 0.410 e. The Balaban J connectivity index is 1.46. The summed E-state index contributed by atoms with van der Waals surface area (Å²) < 4.78 is 52.5. The van der Waals surface area contributed by atoms with Crippen molar-refractivity contribution in [3.8, 4) is 11.5 Å². The summed E-state index contributed by atoms with van der Waals surface area (Å²) >= 11 is 1.36. The predicted molar refractivity (Wildman–Crippen MR) is 103 cm³/mol. The van der Waals surface area contributed by atoms with E-state index in [2.05, 4.69) is 15.7 Å². The van der Waals surface area contributed by atoms with Gasteiger partial charge in [-0.05, 0) is 23.6 Å². The lowest BCUT2D eigenvalue weighted by molar-refractivity contribution is -0.173. The molecule has 7 nitrogen and oxygen atoms in total. The number of thiophene rings is 1. The Bertz CT molecular complexity index is 1100. The monoisotopic (exact) mass is 436 g/mol. The summed E-state index contributed by atoms with van der Waals surface area (Å²) in [5.74, 6) is 0.512. The molecule has 0 saturated carbocycles. The third kappa shape index (κ3) is 3.24. The number of hydrogen-bond donors (Lipinski definition) is 2. The van der Waals surface area contributed by atoms with E-state index in [1.165, 1.54) is 11.3 Å². The van der Waals surface area contributed by atoms with Crippen LogP contribution in [0.4, 0.5) is 24.7 Å². The second kappa shape index (κ2) is 6.94. The van der Waals surface area contributed by atoms with E-state index in [-0.39, 0.29) is 24.6 Å². The van der Waals surface area contributed by atoms with Crippen LogP contribution >= 0.6 is 11.3 Å². The average molecular weight is 436 g/mol. The predicted octanol–water partition coefficient (Wildman–Crippen LogP) is 4.59. The number of rotatable bonds is 3. The van der Waals surface area contributed by atoms with E-state index < -0.39 is 24.2 Å². The summed E-state index contributed by atoms with van der Waals surface area (Å²) in [7, 11) is 0. The van der Waals surface area contributed by atoms with Gasteiger partial charge in [-0.2, -0.15) is 18.3 Å². The van der Waals surface area contributed by atoms with Crippen LogP contribution in [0.5, 0.6) is 11.5 Å². The van der Waals surface area contributed by atoms with Crippen LogP contribution in [-0.4, -0.2) is 28.7 Å². The molecule has 2 atom stereocenters. The van der Waals surface area contributed by atoms with Gasteiger partial charge in [-0.25, -0.2) is 4.68 Å². The fourth-order valence-corrected chi connectivity index (χ4v) is 4.37. The van der Waals surface area contributed by atoms with E-state index in [0.717, 1.165) is 15.8 Å². The molecular formula is C19H15F3N4O3S. The molecule has 2 aliphatic heterocycles. The van der Waals surface area contributed by atoms with Crippen molar-refractivity contribution >= 4 is 28.7 Å². The first-order chi connectivity index (χ1) is 14.4. The molecule has 0 radical (unpaired) electrons. The lowest BCUT2D eigenvalue weighted by atomic mass is 10.0. The number of carbonyl (C=O) groups excluding carboxylic acids is 1. The number of benzene rings is 1. The molecule has 0 fully saturated rings. The first kappa shape index (κ1) is 18.8. The Morgan fingerprint density at radius 1 is 1.27 bits per heavy atom. The first-order valence-corrected chi connectivity index (χ1v) is 9.93. The Hall–Kier alpha value is -3.21. The van der Waals surface area contributed by atoms with Gasteiger partial charge in [0.15, 0.2) is 17.5 Å². The van der Waals surface area contributed by atoms with Crippen molar-refractivity contribution < 1.29 is 27.4 Å². The normalized spacial score (nSPS) is 19.8. The zero-order valence-electron chi connectivity index (χ0n) is 15.3. The van der Waals surface area contributed by atoms with E-state index in [4.69, 9.17) is 9.47 Å². The number of anilines is 2. The van der Waals surface area contributed by atoms with Crippen molar-refractivity contribution in [2.45, 2.75) is 24.7 Å². The summed E-state index contributed by atoms with van der Waals surface area (Å²) in [6, 6.07) is 6.03. The molecule has 2 aromatic heterocycles. The molecule has 30 heavy (non-hydrogen) atoms. The van der Waals surface area contributed by atoms with Crippen LogP contribution in [0.25, 0.3) is 0 Å². The van der Waals surface area contributed by atoms with Gasteiger partial charge in [0.05, 0.1) is 12.2 Å². The third-order valence-corrected chi connectivity index (χ3v) is 5.99. The van der Waals surface area contributed by atoms with Gasteiger partial charge in [-0.1, -0.05) is 6.07 Å². The molecule has 11 heteroatoms. The fourth-order valence-electron chi connectivity index (χ4n) is 3.58. The molecule has 156 valence electrons. The third-order valence-electron chi connectivity index (χ3n) is 5.00. The summed E-state index contributed by atoms with van der Waals surface area (Å²) in [6.45, 7) is 0.0938. The van der Waals surface area contributed by atoms with E-state index in [0.29, 0.717) is 17.2 Å². The van der Waals surface area contributed by atoms with Crippen LogP contribution in [0.1, 0.15) is 33.7 Å². The molecule has 0 aliphatic carbocycles. The van der Waals surface area contributed by atoms with Gasteiger partial charge in [0.2, 0.25) is 6.79 Å². The SMILES string of the molecule is O=C(Nc1ccc2c(c1)OCO2)c1cnn2c1NC(c1cccs1)CC2C(F)(F)F. The van der Waals surface area contributed by atoms with Crippen molar-refractivity contribution in [3.05, 3.63) is 52.3 Å². The molecular weight excluding hydrogens is 421 g/mol. The van der Waals surface area contributed by atoms with Crippen molar-refractivity contribution in [1.82, 2.24) is 9.78 Å². The fraction of sp³-hybridized carbons (Fsp3) is 0.263. The maximum Gasteiger partial charge on any atom is 0.410 e. The van der Waals surface area contributed by atoms with Gasteiger partial charge < -0.3 is 20.1 Å². The summed E-state index contributed by atoms with van der Waals surface area (Å²) in [6.07, 6.45) is -3.55. The summed E-state index contributed by atoms with van der Waals surface area (Å²) in [4.78, 5) is 13.6. The van der Waals surface area contributed by atoms with Crippen LogP contribution < -0.4 is 20.1 Å². The van der Waals surface area contributed by atoms with Gasteiger partial charge in [0.1, 0.15) is 11.4 Å². The van der Waals surface area contributed by atoms with E-state index >= 15 is 0 Å². The lowest BCUT2D eigenvalue weighted by Gasteiger charge is -2.33. The zero-order valence-corrected chi connectivity index (χ0v) is 16.1. The molecule has 3 aromatic rings. The highest BCUT2D eigenvalue weighted by Gasteiger charge is 2.47. The lowest BCUT2D eigenvalue weighted by Crippen LogP contribution is -2.36. The number of amides is 1. The number of halogens is 3. The van der Waals surface area contributed by atoms with Crippen LogP contribution in [-0.2, 0) is 0 Å². The number of hydrogen-bond acceptors (Lipinski definition) is 6. The highest BCUT2D eigenvalue weighted by molar-refractivity contribution is 7.10. The maximum absolute atomic E-state index is 13.7. The highest BCUT2D eigenvalue weighted by atomic mass is 32.1. The van der Waals surface area contributed by atoms with Crippen molar-refractivity contribution in [2.75, 3.05) is 17.4 Å². The van der Waals surface area contributed by atoms with Gasteiger partial charge in [0.25, 0.3) is 5.91 Å². The van der Waals surface area contributed by atoms with Crippen LogP contribution in [0.3, 0.4) is 0 Å². The minimum Gasteiger partial charge on any atom is -0.454 e. The zero-order chi connectivity index (χ0) is 20.9. The standard InChI is InChI=1S/C19H15F3N4O3S/c20-19(21,22)16-7-12(15-2-1-5-30-15)25-17-11(8-23-26(16)17)18(27)24-10-3-4-13-14(6-10)29-9-28-13/h1-6,8,12,16,25H,7,9H2,(H,24,27). The topological polar surface area (TPSA) is 77.4 Å². The maximum atomic E-state index is 13.7. The molecule has 2 N–H and O–H groups in total. The Morgan fingerprint density at radius 3 is 2.87 bits per heavy atom. The van der Waals surface area contributed by atoms with Crippen LogP contribution in [0.15, 0.2) is 41.9 Å². The molecule has 5 rings (SSSR count). The molecule has 1 amide bonds. The molecule has 2 unspecified atom stereocenters. The van der Waals surface area contributed by atoms with Crippen molar-refractivity contribution in [3.63, 3.8) is 0 Å². The summed E-state index contributed by atoms with van der Waals surface area (Å²) in [5.41, 5.74) is 0.463. The van der Waals surface area contributed by atoms with Gasteiger partial charge in [-0.15, -0.1) is 11.3 Å². The highest BCUT2D eigenvalue weighted by Crippen LogP contribution is 2.45. The molecule has 0 spiro atoms. The van der Waals surface area contributed by atoms with Gasteiger partial charge >= 0.3 is 6.18 Å². The van der Waals surface area contributed by atoms with Gasteiger partial charge in [-0.3, -0.25) is 4.79 Å². The van der Waals surface area contributed by atoms with Crippen molar-refractivity contribution in [2.24, 2.45) is 0 Å². The Labute approximate surface area is 172 Å². The van der Waals surface area contributed by atoms with E-state index in [1.54, 1.807) is 35.7 Å². The summed E-state index contributed by atoms with van der Waals surface area (Å²) in [5, 5.41) is 11.4. The molecule has 4 heterocycles. The number of carbonyl (C=O) groups is 1. The van der Waals surface area contributed by atoms with Crippen LogP contribution in [0.2, 0.25) is 0 Å². The second-order valence-corrected chi connectivity index (χ2v) is 7.86.